The second-order valence-electron chi connectivity index (χ2n) is 5.11. The molecule has 3 rings (SSSR count). The molecule has 6 heteroatoms. The van der Waals surface area contributed by atoms with Crippen LogP contribution in [0.5, 0.6) is 0 Å². The van der Waals surface area contributed by atoms with Crippen LogP contribution in [0.1, 0.15) is 43.2 Å². The molecule has 1 aromatic heterocycles. The molecule has 0 radical (unpaired) electrons. The third kappa shape index (κ3) is 2.56. The number of nitrogens with one attached hydrogen (secondary N) is 1. The SMILES string of the molecule is CC1(c2nc(C3CSCCS3)no2)CCCCN1. The van der Waals surface area contributed by atoms with Gasteiger partial charge in [-0.25, -0.2) is 0 Å². The van der Waals surface area contributed by atoms with Crippen molar-refractivity contribution in [3.63, 3.8) is 0 Å². The van der Waals surface area contributed by atoms with E-state index in [0.717, 1.165) is 30.4 Å². The van der Waals surface area contributed by atoms with Crippen LogP contribution in [0.15, 0.2) is 4.52 Å². The molecule has 2 aliphatic heterocycles. The van der Waals surface area contributed by atoms with Gasteiger partial charge in [0.2, 0.25) is 5.89 Å². The minimum absolute atomic E-state index is 0.115. The maximum atomic E-state index is 5.51. The number of hydrogen-bond donors (Lipinski definition) is 1. The lowest BCUT2D eigenvalue weighted by atomic mass is 9.91. The zero-order valence-corrected chi connectivity index (χ0v) is 12.3. The normalized spacial score (nSPS) is 33.5. The van der Waals surface area contributed by atoms with Crippen molar-refractivity contribution in [2.75, 3.05) is 23.8 Å². The second-order valence-corrected chi connectivity index (χ2v) is 7.57. The maximum absolute atomic E-state index is 5.51. The molecule has 0 amide bonds. The Kier molecular flexibility index (Phi) is 3.86. The van der Waals surface area contributed by atoms with Crippen LogP contribution in [-0.2, 0) is 5.54 Å². The first-order valence-corrected chi connectivity index (χ1v) is 8.77. The van der Waals surface area contributed by atoms with E-state index in [-0.39, 0.29) is 5.54 Å². The molecule has 2 fully saturated rings. The highest BCUT2D eigenvalue weighted by atomic mass is 32.2. The fraction of sp³-hybridized carbons (Fsp3) is 0.833. The van der Waals surface area contributed by atoms with Crippen LogP contribution in [0, 0.1) is 0 Å². The van der Waals surface area contributed by atoms with E-state index in [2.05, 4.69) is 22.4 Å². The molecule has 1 N–H and O–H groups in total. The summed E-state index contributed by atoms with van der Waals surface area (Å²) >= 11 is 3.93. The number of thioether (sulfide) groups is 2. The zero-order valence-electron chi connectivity index (χ0n) is 10.6. The van der Waals surface area contributed by atoms with E-state index < -0.39 is 0 Å². The monoisotopic (exact) mass is 285 g/mol. The molecule has 4 nitrogen and oxygen atoms in total. The Labute approximate surface area is 116 Å². The Morgan fingerprint density at radius 3 is 3.06 bits per heavy atom. The van der Waals surface area contributed by atoms with Gasteiger partial charge in [0.05, 0.1) is 10.8 Å². The minimum atomic E-state index is -0.115. The minimum Gasteiger partial charge on any atom is -0.337 e. The van der Waals surface area contributed by atoms with Crippen LogP contribution in [0.4, 0.5) is 0 Å². The molecule has 2 aliphatic rings. The van der Waals surface area contributed by atoms with Crippen molar-refractivity contribution in [1.29, 1.82) is 0 Å². The van der Waals surface area contributed by atoms with E-state index in [4.69, 9.17) is 4.52 Å². The predicted molar refractivity (Wildman–Crippen MR) is 76.0 cm³/mol. The van der Waals surface area contributed by atoms with Crippen molar-refractivity contribution in [2.45, 2.75) is 37.0 Å². The molecule has 18 heavy (non-hydrogen) atoms. The van der Waals surface area contributed by atoms with Crippen LogP contribution >= 0.6 is 23.5 Å². The molecule has 2 saturated heterocycles. The lowest BCUT2D eigenvalue weighted by Crippen LogP contribution is -2.43. The van der Waals surface area contributed by atoms with Crippen LogP contribution < -0.4 is 5.32 Å². The molecule has 100 valence electrons. The molecule has 3 heterocycles. The van der Waals surface area contributed by atoms with E-state index in [9.17, 15) is 0 Å². The first-order chi connectivity index (χ1) is 8.78. The largest absolute Gasteiger partial charge is 0.337 e. The first kappa shape index (κ1) is 12.8. The molecule has 2 unspecified atom stereocenters. The van der Waals surface area contributed by atoms with Crippen LogP contribution in [0.2, 0.25) is 0 Å². The average molecular weight is 285 g/mol. The number of rotatable bonds is 2. The summed E-state index contributed by atoms with van der Waals surface area (Å²) in [4.78, 5) is 4.65. The first-order valence-electron chi connectivity index (χ1n) is 6.56. The Hall–Kier alpha value is -0.200. The summed E-state index contributed by atoms with van der Waals surface area (Å²) < 4.78 is 5.51. The molecular formula is C12H19N3OS2. The molecule has 2 atom stereocenters. The fourth-order valence-corrected chi connectivity index (χ4v) is 5.05. The van der Waals surface area contributed by atoms with Crippen LogP contribution in [0.3, 0.4) is 0 Å². The van der Waals surface area contributed by atoms with Gasteiger partial charge < -0.3 is 9.84 Å². The summed E-state index contributed by atoms with van der Waals surface area (Å²) in [7, 11) is 0. The summed E-state index contributed by atoms with van der Waals surface area (Å²) in [5, 5.41) is 8.13. The fourth-order valence-electron chi connectivity index (χ4n) is 2.47. The predicted octanol–water partition coefficient (Wildman–Crippen LogP) is 2.58. The summed E-state index contributed by atoms with van der Waals surface area (Å²) in [6.07, 6.45) is 3.56. The summed E-state index contributed by atoms with van der Waals surface area (Å²) in [6.45, 7) is 3.22. The van der Waals surface area contributed by atoms with Gasteiger partial charge in [-0.2, -0.15) is 16.7 Å². The van der Waals surface area contributed by atoms with Gasteiger partial charge >= 0.3 is 0 Å². The topological polar surface area (TPSA) is 51.0 Å². The van der Waals surface area contributed by atoms with E-state index in [1.165, 1.54) is 24.3 Å². The summed E-state index contributed by atoms with van der Waals surface area (Å²) in [6, 6.07) is 0. The highest BCUT2D eigenvalue weighted by Crippen LogP contribution is 2.36. The van der Waals surface area contributed by atoms with Gasteiger partial charge in [-0.05, 0) is 32.7 Å². The molecule has 0 aliphatic carbocycles. The Morgan fingerprint density at radius 2 is 2.33 bits per heavy atom. The van der Waals surface area contributed by atoms with Crippen molar-refractivity contribution in [3.05, 3.63) is 11.7 Å². The number of piperidine rings is 1. The number of aromatic nitrogens is 2. The van der Waals surface area contributed by atoms with Gasteiger partial charge in [-0.15, -0.1) is 11.8 Å². The Bertz CT molecular complexity index is 398. The van der Waals surface area contributed by atoms with Crippen molar-refractivity contribution < 1.29 is 4.52 Å². The van der Waals surface area contributed by atoms with E-state index in [1.54, 1.807) is 0 Å². The molecule has 0 spiro atoms. The Balaban J connectivity index is 1.75. The molecule has 0 bridgehead atoms. The van der Waals surface area contributed by atoms with Crippen molar-refractivity contribution >= 4 is 23.5 Å². The lowest BCUT2D eigenvalue weighted by molar-refractivity contribution is 0.206. The number of hydrogen-bond acceptors (Lipinski definition) is 6. The number of nitrogens with zero attached hydrogens (tertiary/aromatic N) is 2. The highest BCUT2D eigenvalue weighted by molar-refractivity contribution is 8.06. The average Bonchev–Trinajstić information content (AvgIpc) is 2.91. The summed E-state index contributed by atoms with van der Waals surface area (Å²) in [5.41, 5.74) is -0.115. The van der Waals surface area contributed by atoms with Gasteiger partial charge in [0.25, 0.3) is 0 Å². The van der Waals surface area contributed by atoms with Crippen LogP contribution in [0.25, 0.3) is 0 Å². The molecule has 0 saturated carbocycles. The van der Waals surface area contributed by atoms with Crippen molar-refractivity contribution in [3.8, 4) is 0 Å². The highest BCUT2D eigenvalue weighted by Gasteiger charge is 2.35. The van der Waals surface area contributed by atoms with Gasteiger partial charge in [-0.1, -0.05) is 5.16 Å². The molecule has 1 aromatic rings. The van der Waals surface area contributed by atoms with Gasteiger partial charge in [0.1, 0.15) is 0 Å². The standard InChI is InChI=1S/C12H19N3OS2/c1-12(4-2-3-5-13-12)11-14-10(15-16-11)9-8-17-6-7-18-9/h9,13H,2-8H2,1H3. The molecular weight excluding hydrogens is 266 g/mol. The maximum Gasteiger partial charge on any atom is 0.246 e. The van der Waals surface area contributed by atoms with Gasteiger partial charge in [-0.3, -0.25) is 0 Å². The van der Waals surface area contributed by atoms with E-state index in [1.807, 2.05) is 23.5 Å². The zero-order chi connectivity index (χ0) is 12.4. The smallest absolute Gasteiger partial charge is 0.246 e. The second kappa shape index (κ2) is 5.43. The molecule has 0 aromatic carbocycles. The van der Waals surface area contributed by atoms with E-state index >= 15 is 0 Å². The van der Waals surface area contributed by atoms with Gasteiger partial charge in [0, 0.05) is 17.3 Å². The van der Waals surface area contributed by atoms with E-state index in [0.29, 0.717) is 5.25 Å². The quantitative estimate of drug-likeness (QED) is 0.901. The third-order valence-electron chi connectivity index (χ3n) is 3.64. The lowest BCUT2D eigenvalue weighted by Gasteiger charge is -2.31. The van der Waals surface area contributed by atoms with Crippen LogP contribution in [-0.4, -0.2) is 33.9 Å². The van der Waals surface area contributed by atoms with Gasteiger partial charge in [0.15, 0.2) is 5.82 Å². The summed E-state index contributed by atoms with van der Waals surface area (Å²) in [5.74, 6) is 5.19. The van der Waals surface area contributed by atoms with Crippen molar-refractivity contribution in [1.82, 2.24) is 15.5 Å². The third-order valence-corrected chi connectivity index (χ3v) is 6.39. The Morgan fingerprint density at radius 1 is 1.39 bits per heavy atom. The van der Waals surface area contributed by atoms with Crippen molar-refractivity contribution in [2.24, 2.45) is 0 Å².